The Balaban J connectivity index is 2.09. The summed E-state index contributed by atoms with van der Waals surface area (Å²) in [6, 6.07) is 0.429. The largest absolute Gasteiger partial charge is 0.322 e. The zero-order valence-electron chi connectivity index (χ0n) is 12.7. The van der Waals surface area contributed by atoms with Crippen LogP contribution in [0.15, 0.2) is 0 Å². The highest BCUT2D eigenvalue weighted by Crippen LogP contribution is 2.65. The molecule has 1 N–H and O–H groups in total. The second-order valence-electron chi connectivity index (χ2n) is 7.13. The highest BCUT2D eigenvalue weighted by atomic mass is 16.2. The van der Waals surface area contributed by atoms with E-state index in [0.29, 0.717) is 11.9 Å². The van der Waals surface area contributed by atoms with E-state index in [-0.39, 0.29) is 23.0 Å². The lowest BCUT2D eigenvalue weighted by molar-refractivity contribution is -0.131. The van der Waals surface area contributed by atoms with Gasteiger partial charge in [0.15, 0.2) is 0 Å². The fraction of sp³-hybridized carbons (Fsp3) is 0.933. The monoisotopic (exact) mass is 252 g/mol. The molecule has 1 aliphatic heterocycles. The van der Waals surface area contributed by atoms with Gasteiger partial charge < -0.3 is 4.90 Å². The van der Waals surface area contributed by atoms with E-state index in [1.54, 1.807) is 0 Å². The van der Waals surface area contributed by atoms with Gasteiger partial charge in [0.25, 0.3) is 0 Å². The summed E-state index contributed by atoms with van der Waals surface area (Å²) >= 11 is 0. The van der Waals surface area contributed by atoms with Gasteiger partial charge >= 0.3 is 0 Å². The first kappa shape index (κ1) is 13.9. The topological polar surface area (TPSA) is 32.3 Å². The maximum absolute atomic E-state index is 12.5. The molecule has 104 valence electrons. The average Bonchev–Trinajstić information content (AvgIpc) is 2.51. The Morgan fingerprint density at radius 2 is 1.78 bits per heavy atom. The summed E-state index contributed by atoms with van der Waals surface area (Å²) < 4.78 is 0. The van der Waals surface area contributed by atoms with E-state index >= 15 is 0 Å². The average molecular weight is 252 g/mol. The van der Waals surface area contributed by atoms with Crippen molar-refractivity contribution in [2.45, 2.75) is 79.1 Å². The molecule has 3 heteroatoms. The van der Waals surface area contributed by atoms with Crippen LogP contribution in [0.3, 0.4) is 0 Å². The molecule has 0 aromatic carbocycles. The number of nitrogens with one attached hydrogen (secondary N) is 1. The van der Waals surface area contributed by atoms with Gasteiger partial charge in [-0.25, -0.2) is 0 Å². The third kappa shape index (κ3) is 1.78. The molecule has 2 rings (SSSR count). The molecular weight excluding hydrogens is 224 g/mol. The minimum absolute atomic E-state index is 0.0483. The minimum atomic E-state index is 0.0483. The van der Waals surface area contributed by atoms with Crippen LogP contribution in [0.5, 0.6) is 0 Å². The van der Waals surface area contributed by atoms with Crippen molar-refractivity contribution in [1.29, 1.82) is 0 Å². The van der Waals surface area contributed by atoms with Crippen molar-refractivity contribution in [2.75, 3.05) is 0 Å². The Bertz CT molecular complexity index is 334. The molecule has 2 fully saturated rings. The first-order chi connectivity index (χ1) is 8.25. The molecular formula is C15H28N2O. The normalized spacial score (nSPS) is 34.1. The highest BCUT2D eigenvalue weighted by Gasteiger charge is 2.69. The highest BCUT2D eigenvalue weighted by molar-refractivity contribution is 5.85. The van der Waals surface area contributed by atoms with E-state index in [0.717, 1.165) is 19.3 Å². The van der Waals surface area contributed by atoms with Crippen molar-refractivity contribution < 1.29 is 4.79 Å². The molecule has 2 unspecified atom stereocenters. The summed E-state index contributed by atoms with van der Waals surface area (Å²) in [5.41, 5.74) is 0.469. The first-order valence-corrected chi connectivity index (χ1v) is 7.33. The molecule has 0 aromatic rings. The fourth-order valence-electron chi connectivity index (χ4n) is 3.64. The van der Waals surface area contributed by atoms with Gasteiger partial charge in [-0.15, -0.1) is 0 Å². The van der Waals surface area contributed by atoms with E-state index in [1.165, 1.54) is 0 Å². The van der Waals surface area contributed by atoms with Crippen molar-refractivity contribution in [3.63, 3.8) is 0 Å². The Morgan fingerprint density at radius 3 is 2.22 bits per heavy atom. The van der Waals surface area contributed by atoms with Gasteiger partial charge in [-0.3, -0.25) is 10.1 Å². The van der Waals surface area contributed by atoms with Crippen LogP contribution in [0, 0.1) is 10.8 Å². The Hall–Kier alpha value is -0.570. The minimum Gasteiger partial charge on any atom is -0.322 e. The number of hydrogen-bond acceptors (Lipinski definition) is 2. The molecule has 3 nitrogen and oxygen atoms in total. The summed E-state index contributed by atoms with van der Waals surface area (Å²) in [6.07, 6.45) is 3.44. The maximum Gasteiger partial charge on any atom is 0.241 e. The fourth-order valence-corrected chi connectivity index (χ4v) is 3.64. The van der Waals surface area contributed by atoms with E-state index in [4.69, 9.17) is 0 Å². The van der Waals surface area contributed by atoms with Gasteiger partial charge in [0.1, 0.15) is 0 Å². The Labute approximate surface area is 111 Å². The lowest BCUT2D eigenvalue weighted by Crippen LogP contribution is -2.39. The molecule has 1 aliphatic carbocycles. The molecule has 1 amide bonds. The summed E-state index contributed by atoms with van der Waals surface area (Å²) in [7, 11) is 0. The molecule has 2 atom stereocenters. The van der Waals surface area contributed by atoms with Crippen LogP contribution in [0.4, 0.5) is 0 Å². The third-order valence-corrected chi connectivity index (χ3v) is 5.48. The second kappa shape index (κ2) is 4.22. The quantitative estimate of drug-likeness (QED) is 0.834. The number of nitrogens with zero attached hydrogens (tertiary/aromatic N) is 1. The number of carbonyl (C=O) groups is 1. The standard InChI is InChI=1S/C15H28N2O/c1-7-8-9-11-12(18)17(10(2)16-11)13-14(3,4)15(13,5)6/h10-11,13,16H,7-9H2,1-6H3. The summed E-state index contributed by atoms with van der Waals surface area (Å²) in [4.78, 5) is 14.7. The van der Waals surface area contributed by atoms with Gasteiger partial charge in [-0.2, -0.15) is 0 Å². The Kier molecular flexibility index (Phi) is 3.25. The number of unbranched alkanes of at least 4 members (excludes halogenated alkanes) is 1. The summed E-state index contributed by atoms with van der Waals surface area (Å²) in [6.45, 7) is 13.4. The van der Waals surface area contributed by atoms with Crippen molar-refractivity contribution in [3.8, 4) is 0 Å². The van der Waals surface area contributed by atoms with Crippen LogP contribution in [-0.4, -0.2) is 29.1 Å². The second-order valence-corrected chi connectivity index (χ2v) is 7.13. The van der Waals surface area contributed by atoms with Crippen molar-refractivity contribution in [3.05, 3.63) is 0 Å². The summed E-state index contributed by atoms with van der Waals surface area (Å²) in [5.74, 6) is 0.319. The number of rotatable bonds is 4. The van der Waals surface area contributed by atoms with Crippen LogP contribution in [0.2, 0.25) is 0 Å². The molecule has 1 saturated carbocycles. The first-order valence-electron chi connectivity index (χ1n) is 7.33. The smallest absolute Gasteiger partial charge is 0.241 e. The van der Waals surface area contributed by atoms with Crippen LogP contribution in [0.25, 0.3) is 0 Å². The van der Waals surface area contributed by atoms with E-state index in [2.05, 4.69) is 51.8 Å². The van der Waals surface area contributed by atoms with E-state index < -0.39 is 0 Å². The zero-order chi connectivity index (χ0) is 13.7. The molecule has 0 spiro atoms. The number of amides is 1. The van der Waals surface area contributed by atoms with Crippen molar-refractivity contribution in [2.24, 2.45) is 10.8 Å². The predicted molar refractivity (Wildman–Crippen MR) is 74.1 cm³/mol. The third-order valence-electron chi connectivity index (χ3n) is 5.48. The number of carbonyl (C=O) groups excluding carboxylic acids is 1. The lowest BCUT2D eigenvalue weighted by Gasteiger charge is -2.23. The molecule has 18 heavy (non-hydrogen) atoms. The van der Waals surface area contributed by atoms with E-state index in [9.17, 15) is 4.79 Å². The van der Waals surface area contributed by atoms with Crippen molar-refractivity contribution in [1.82, 2.24) is 10.2 Å². The molecule has 0 radical (unpaired) electrons. The van der Waals surface area contributed by atoms with Crippen LogP contribution >= 0.6 is 0 Å². The van der Waals surface area contributed by atoms with Gasteiger partial charge in [0.05, 0.1) is 12.2 Å². The number of hydrogen-bond donors (Lipinski definition) is 1. The van der Waals surface area contributed by atoms with Crippen LogP contribution in [0.1, 0.15) is 60.8 Å². The van der Waals surface area contributed by atoms with Gasteiger partial charge in [-0.05, 0) is 24.2 Å². The molecule has 0 aromatic heterocycles. The predicted octanol–water partition coefficient (Wildman–Crippen LogP) is 2.76. The molecule has 0 bridgehead atoms. The Morgan fingerprint density at radius 1 is 1.22 bits per heavy atom. The SMILES string of the molecule is CCCCC1NC(C)N(C2C(C)(C)C2(C)C)C1=O. The molecule has 1 saturated heterocycles. The van der Waals surface area contributed by atoms with Gasteiger partial charge in [-0.1, -0.05) is 47.5 Å². The zero-order valence-corrected chi connectivity index (χ0v) is 12.7. The van der Waals surface area contributed by atoms with Gasteiger partial charge in [0, 0.05) is 6.04 Å². The van der Waals surface area contributed by atoms with Crippen LogP contribution < -0.4 is 5.32 Å². The maximum atomic E-state index is 12.5. The summed E-state index contributed by atoms with van der Waals surface area (Å²) in [5, 5.41) is 3.46. The van der Waals surface area contributed by atoms with Crippen LogP contribution in [-0.2, 0) is 4.79 Å². The van der Waals surface area contributed by atoms with Crippen molar-refractivity contribution >= 4 is 5.91 Å². The lowest BCUT2D eigenvalue weighted by atomic mass is 10.0. The molecule has 2 aliphatic rings. The van der Waals surface area contributed by atoms with E-state index in [1.807, 2.05) is 0 Å². The molecule has 1 heterocycles. The van der Waals surface area contributed by atoms with Gasteiger partial charge in [0.2, 0.25) is 5.91 Å².